The van der Waals surface area contributed by atoms with Gasteiger partial charge in [-0.15, -0.1) is 5.10 Å². The topological polar surface area (TPSA) is 107 Å². The second-order valence-corrected chi connectivity index (χ2v) is 5.87. The minimum atomic E-state index is -0.455. The molecule has 2 aromatic carbocycles. The van der Waals surface area contributed by atoms with Crippen molar-refractivity contribution in [3.05, 3.63) is 59.8 Å². The molecule has 0 fully saturated rings. The zero-order valence-corrected chi connectivity index (χ0v) is 16.3. The molecule has 29 heavy (non-hydrogen) atoms. The van der Waals surface area contributed by atoms with E-state index in [-0.39, 0.29) is 5.95 Å². The third kappa shape index (κ3) is 4.89. The minimum absolute atomic E-state index is 0.249. The van der Waals surface area contributed by atoms with Gasteiger partial charge in [0.05, 0.1) is 38.8 Å². The van der Waals surface area contributed by atoms with Gasteiger partial charge in [-0.05, 0) is 29.8 Å². The SMILES string of the molecule is COC(=O)c1ccccc1Nc1nncc(NCc2ccc(OC)c(OC)c2)n1. The number of hydrogen-bond donors (Lipinski definition) is 2. The third-order valence-electron chi connectivity index (χ3n) is 4.06. The molecular weight excluding hydrogens is 374 g/mol. The summed E-state index contributed by atoms with van der Waals surface area (Å²) < 4.78 is 15.4. The average Bonchev–Trinajstić information content (AvgIpc) is 2.77. The summed E-state index contributed by atoms with van der Waals surface area (Å²) in [6.07, 6.45) is 1.51. The van der Waals surface area contributed by atoms with Gasteiger partial charge in [-0.2, -0.15) is 10.1 Å². The van der Waals surface area contributed by atoms with Crippen molar-refractivity contribution >= 4 is 23.4 Å². The van der Waals surface area contributed by atoms with Crippen molar-refractivity contribution < 1.29 is 19.0 Å². The molecular formula is C20H21N5O4. The molecule has 150 valence electrons. The molecule has 2 N–H and O–H groups in total. The Morgan fingerprint density at radius 3 is 2.59 bits per heavy atom. The molecule has 0 bridgehead atoms. The Balaban J connectivity index is 1.72. The summed E-state index contributed by atoms with van der Waals surface area (Å²) in [6.45, 7) is 0.497. The van der Waals surface area contributed by atoms with Crippen LogP contribution in [0.15, 0.2) is 48.7 Å². The van der Waals surface area contributed by atoms with Crippen molar-refractivity contribution in [3.63, 3.8) is 0 Å². The molecule has 0 saturated heterocycles. The fourth-order valence-corrected chi connectivity index (χ4v) is 2.63. The number of nitrogens with one attached hydrogen (secondary N) is 2. The van der Waals surface area contributed by atoms with Gasteiger partial charge < -0.3 is 24.8 Å². The van der Waals surface area contributed by atoms with E-state index in [1.807, 2.05) is 18.2 Å². The number of carbonyl (C=O) groups excluding carboxylic acids is 1. The van der Waals surface area contributed by atoms with Crippen molar-refractivity contribution in [2.45, 2.75) is 6.54 Å². The largest absolute Gasteiger partial charge is 0.493 e. The number of nitrogens with zero attached hydrogens (tertiary/aromatic N) is 3. The molecule has 0 saturated carbocycles. The van der Waals surface area contributed by atoms with Gasteiger partial charge in [-0.25, -0.2) is 4.79 Å². The number of ether oxygens (including phenoxy) is 3. The summed E-state index contributed by atoms with van der Waals surface area (Å²) in [5.41, 5.74) is 1.88. The molecule has 1 heterocycles. The summed E-state index contributed by atoms with van der Waals surface area (Å²) in [5.74, 6) is 1.63. The van der Waals surface area contributed by atoms with E-state index in [1.165, 1.54) is 13.3 Å². The molecule has 0 radical (unpaired) electrons. The van der Waals surface area contributed by atoms with Crippen LogP contribution in [0, 0.1) is 0 Å². The van der Waals surface area contributed by atoms with E-state index in [4.69, 9.17) is 14.2 Å². The Kier molecular flexibility index (Phi) is 6.41. The van der Waals surface area contributed by atoms with Gasteiger partial charge in [0.15, 0.2) is 17.3 Å². The number of hydrogen-bond acceptors (Lipinski definition) is 9. The third-order valence-corrected chi connectivity index (χ3v) is 4.06. The van der Waals surface area contributed by atoms with Crippen LogP contribution in [0.3, 0.4) is 0 Å². The number of para-hydroxylation sites is 1. The molecule has 0 atom stereocenters. The van der Waals surface area contributed by atoms with Gasteiger partial charge in [0.2, 0.25) is 5.95 Å². The number of methoxy groups -OCH3 is 3. The maximum absolute atomic E-state index is 11.9. The number of carbonyl (C=O) groups is 1. The number of aromatic nitrogens is 3. The monoisotopic (exact) mass is 395 g/mol. The molecule has 9 nitrogen and oxygen atoms in total. The minimum Gasteiger partial charge on any atom is -0.493 e. The van der Waals surface area contributed by atoms with Crippen LogP contribution < -0.4 is 20.1 Å². The van der Waals surface area contributed by atoms with Crippen LogP contribution in [0.4, 0.5) is 17.5 Å². The van der Waals surface area contributed by atoms with Crippen molar-refractivity contribution in [1.29, 1.82) is 0 Å². The van der Waals surface area contributed by atoms with Crippen molar-refractivity contribution in [3.8, 4) is 11.5 Å². The molecule has 0 spiro atoms. The zero-order valence-electron chi connectivity index (χ0n) is 16.3. The molecule has 0 aliphatic carbocycles. The molecule has 0 unspecified atom stereocenters. The lowest BCUT2D eigenvalue weighted by Crippen LogP contribution is -2.09. The molecule has 3 aromatic rings. The van der Waals surface area contributed by atoms with Gasteiger partial charge in [-0.1, -0.05) is 18.2 Å². The van der Waals surface area contributed by atoms with Gasteiger partial charge in [0.25, 0.3) is 0 Å². The van der Waals surface area contributed by atoms with Gasteiger partial charge in [0.1, 0.15) is 0 Å². The summed E-state index contributed by atoms with van der Waals surface area (Å²) in [5, 5.41) is 14.1. The highest BCUT2D eigenvalue weighted by molar-refractivity contribution is 5.96. The van der Waals surface area contributed by atoms with Gasteiger partial charge >= 0.3 is 5.97 Å². The van der Waals surface area contributed by atoms with Gasteiger partial charge in [-0.3, -0.25) is 0 Å². The molecule has 9 heteroatoms. The molecule has 3 rings (SSSR count). The van der Waals surface area contributed by atoms with Gasteiger partial charge in [0, 0.05) is 6.54 Å². The Labute approximate surface area is 168 Å². The van der Waals surface area contributed by atoms with E-state index in [1.54, 1.807) is 38.5 Å². The average molecular weight is 395 g/mol. The van der Waals surface area contributed by atoms with Crippen LogP contribution in [0.2, 0.25) is 0 Å². The molecule has 1 aromatic heterocycles. The van der Waals surface area contributed by atoms with Crippen LogP contribution in [0.1, 0.15) is 15.9 Å². The maximum atomic E-state index is 11.9. The van der Waals surface area contributed by atoms with E-state index >= 15 is 0 Å². The van der Waals surface area contributed by atoms with Crippen molar-refractivity contribution in [2.24, 2.45) is 0 Å². The molecule has 0 amide bonds. The highest BCUT2D eigenvalue weighted by atomic mass is 16.5. The fraction of sp³-hybridized carbons (Fsp3) is 0.200. The number of benzene rings is 2. The Hall–Kier alpha value is -3.88. The van der Waals surface area contributed by atoms with Crippen LogP contribution >= 0.6 is 0 Å². The van der Waals surface area contributed by atoms with Crippen molar-refractivity contribution in [1.82, 2.24) is 15.2 Å². The van der Waals surface area contributed by atoms with E-state index in [2.05, 4.69) is 25.8 Å². The lowest BCUT2D eigenvalue weighted by Gasteiger charge is -2.11. The van der Waals surface area contributed by atoms with E-state index in [0.29, 0.717) is 35.1 Å². The number of rotatable bonds is 8. The second kappa shape index (κ2) is 9.36. The van der Waals surface area contributed by atoms with Crippen molar-refractivity contribution in [2.75, 3.05) is 32.0 Å². The first kappa shape index (κ1) is 19.9. The van der Waals surface area contributed by atoms with E-state index in [0.717, 1.165) is 5.56 Å². The predicted octanol–water partition coefficient (Wildman–Crippen LogP) is 3.03. The Morgan fingerprint density at radius 1 is 1.03 bits per heavy atom. The van der Waals surface area contributed by atoms with Crippen LogP contribution in [-0.4, -0.2) is 42.5 Å². The Morgan fingerprint density at radius 2 is 1.83 bits per heavy atom. The van der Waals surface area contributed by atoms with Crippen LogP contribution in [-0.2, 0) is 11.3 Å². The normalized spacial score (nSPS) is 10.2. The first-order chi connectivity index (χ1) is 14.1. The Bertz CT molecular complexity index is 996. The summed E-state index contributed by atoms with van der Waals surface area (Å²) in [7, 11) is 4.51. The highest BCUT2D eigenvalue weighted by Gasteiger charge is 2.12. The summed E-state index contributed by atoms with van der Waals surface area (Å²) >= 11 is 0. The van der Waals surface area contributed by atoms with E-state index < -0.39 is 5.97 Å². The lowest BCUT2D eigenvalue weighted by atomic mass is 10.2. The lowest BCUT2D eigenvalue weighted by molar-refractivity contribution is 0.0602. The number of anilines is 3. The summed E-state index contributed by atoms with van der Waals surface area (Å²) in [4.78, 5) is 16.3. The van der Waals surface area contributed by atoms with E-state index in [9.17, 15) is 4.79 Å². The maximum Gasteiger partial charge on any atom is 0.339 e. The first-order valence-corrected chi connectivity index (χ1v) is 8.73. The standard InChI is InChI=1S/C20H21N5O4/c1-27-16-9-8-13(10-17(16)28-2)11-21-18-12-22-25-20(24-18)23-15-7-5-4-6-14(15)19(26)29-3/h4-10,12H,11H2,1-3H3,(H2,21,23,24,25). The second-order valence-electron chi connectivity index (χ2n) is 5.87. The quantitative estimate of drug-likeness (QED) is 0.556. The zero-order chi connectivity index (χ0) is 20.6. The number of esters is 1. The molecule has 0 aliphatic heterocycles. The van der Waals surface area contributed by atoms with Crippen LogP contribution in [0.25, 0.3) is 0 Å². The highest BCUT2D eigenvalue weighted by Crippen LogP contribution is 2.27. The fourth-order valence-electron chi connectivity index (χ4n) is 2.63. The summed E-state index contributed by atoms with van der Waals surface area (Å²) in [6, 6.07) is 12.6. The first-order valence-electron chi connectivity index (χ1n) is 8.73. The molecule has 0 aliphatic rings. The smallest absolute Gasteiger partial charge is 0.339 e. The van der Waals surface area contributed by atoms with Crippen LogP contribution in [0.5, 0.6) is 11.5 Å². The predicted molar refractivity (Wildman–Crippen MR) is 108 cm³/mol.